The highest BCUT2D eigenvalue weighted by Crippen LogP contribution is 2.18. The molecule has 0 bridgehead atoms. The fourth-order valence-electron chi connectivity index (χ4n) is 3.55. The van der Waals surface area contributed by atoms with Crippen molar-refractivity contribution in [3.8, 4) is 0 Å². The maximum absolute atomic E-state index is 6.11. The van der Waals surface area contributed by atoms with Crippen molar-refractivity contribution in [3.63, 3.8) is 0 Å². The number of ether oxygens (including phenoxy) is 2. The van der Waals surface area contributed by atoms with Gasteiger partial charge in [-0.15, -0.1) is 35.3 Å². The van der Waals surface area contributed by atoms with Crippen LogP contribution in [0.25, 0.3) is 0 Å². The second kappa shape index (κ2) is 12.2. The van der Waals surface area contributed by atoms with Crippen LogP contribution in [0.4, 0.5) is 0 Å². The molecule has 0 aromatic carbocycles. The smallest absolute Gasteiger partial charge is 0.193 e. The van der Waals surface area contributed by atoms with Crippen molar-refractivity contribution in [1.82, 2.24) is 15.2 Å². The minimum atomic E-state index is 0. The maximum atomic E-state index is 6.11. The van der Waals surface area contributed by atoms with E-state index in [9.17, 15) is 0 Å². The number of aromatic nitrogens is 1. The van der Waals surface area contributed by atoms with Crippen LogP contribution in [0.2, 0.25) is 0 Å². The summed E-state index contributed by atoms with van der Waals surface area (Å²) in [5.74, 6) is 0.993. The Morgan fingerprint density at radius 2 is 2.19 bits per heavy atom. The Balaban J connectivity index is 0.00000261. The van der Waals surface area contributed by atoms with E-state index >= 15 is 0 Å². The van der Waals surface area contributed by atoms with Gasteiger partial charge >= 0.3 is 0 Å². The average Bonchev–Trinajstić information content (AvgIpc) is 3.10. The highest BCUT2D eigenvalue weighted by Gasteiger charge is 2.23. The Labute approximate surface area is 184 Å². The van der Waals surface area contributed by atoms with Gasteiger partial charge in [0.05, 0.1) is 23.8 Å². The number of aryl methyl sites for hydroxylation is 1. The molecule has 0 aliphatic carbocycles. The molecule has 1 aromatic rings. The molecule has 1 N–H and O–H groups in total. The van der Waals surface area contributed by atoms with Crippen molar-refractivity contribution in [2.75, 3.05) is 39.9 Å². The topological polar surface area (TPSA) is 59.0 Å². The number of nitrogens with zero attached hydrogens (tertiary/aromatic N) is 3. The molecule has 1 aromatic heterocycles. The van der Waals surface area contributed by atoms with E-state index in [4.69, 9.17) is 9.47 Å². The zero-order valence-corrected chi connectivity index (χ0v) is 19.6. The first-order valence-electron chi connectivity index (χ1n) is 9.84. The van der Waals surface area contributed by atoms with Crippen LogP contribution >= 0.6 is 35.3 Å². The Kier molecular flexibility index (Phi) is 10.3. The fourth-order valence-corrected chi connectivity index (χ4v) is 4.33. The first-order chi connectivity index (χ1) is 12.7. The molecular weight excluding hydrogens is 475 g/mol. The van der Waals surface area contributed by atoms with E-state index < -0.39 is 0 Å². The Bertz CT molecular complexity index is 570. The van der Waals surface area contributed by atoms with Gasteiger partial charge in [0, 0.05) is 50.8 Å². The number of piperidine rings is 1. The van der Waals surface area contributed by atoms with Crippen LogP contribution < -0.4 is 5.32 Å². The van der Waals surface area contributed by atoms with Crippen LogP contribution in [-0.2, 0) is 15.9 Å². The second-order valence-electron chi connectivity index (χ2n) is 7.10. The molecule has 0 saturated carbocycles. The molecule has 3 rings (SSSR count). The molecule has 6 nitrogen and oxygen atoms in total. The molecule has 3 heterocycles. The summed E-state index contributed by atoms with van der Waals surface area (Å²) in [5.41, 5.74) is 0. The molecule has 2 aliphatic rings. The van der Waals surface area contributed by atoms with E-state index in [1.807, 2.05) is 13.2 Å². The monoisotopic (exact) mass is 508 g/mol. The molecule has 2 saturated heterocycles. The Morgan fingerprint density at radius 3 is 2.81 bits per heavy atom. The van der Waals surface area contributed by atoms with E-state index in [1.54, 1.807) is 11.3 Å². The predicted molar refractivity (Wildman–Crippen MR) is 121 cm³/mol. The van der Waals surface area contributed by atoms with Crippen LogP contribution in [0.5, 0.6) is 0 Å². The van der Waals surface area contributed by atoms with Gasteiger partial charge < -0.3 is 19.7 Å². The lowest BCUT2D eigenvalue weighted by Crippen LogP contribution is -2.47. The van der Waals surface area contributed by atoms with Crippen LogP contribution in [-0.4, -0.2) is 67.9 Å². The number of hydrogen-bond donors (Lipinski definition) is 1. The van der Waals surface area contributed by atoms with Crippen molar-refractivity contribution < 1.29 is 9.47 Å². The number of halogens is 1. The number of aliphatic imine (C=N–C) groups is 1. The second-order valence-corrected chi connectivity index (χ2v) is 8.42. The molecule has 2 fully saturated rings. The molecular formula is C19H33IN4O2S. The largest absolute Gasteiger partial charge is 0.376 e. The zero-order chi connectivity index (χ0) is 18.2. The summed E-state index contributed by atoms with van der Waals surface area (Å²) in [6.07, 6.45) is 9.28. The fraction of sp³-hybridized carbons (Fsp3) is 0.789. The third kappa shape index (κ3) is 7.47. The first-order valence-corrected chi connectivity index (χ1v) is 10.7. The highest BCUT2D eigenvalue weighted by atomic mass is 127. The molecule has 1 atom stereocenters. The molecule has 27 heavy (non-hydrogen) atoms. The number of rotatable bonds is 6. The van der Waals surface area contributed by atoms with E-state index in [0.29, 0.717) is 12.2 Å². The van der Waals surface area contributed by atoms with Crippen molar-refractivity contribution in [1.29, 1.82) is 0 Å². The van der Waals surface area contributed by atoms with Crippen LogP contribution in [0.3, 0.4) is 0 Å². The molecule has 0 spiro atoms. The summed E-state index contributed by atoms with van der Waals surface area (Å²) in [5, 5.41) is 4.66. The van der Waals surface area contributed by atoms with Gasteiger partial charge in [-0.3, -0.25) is 4.99 Å². The standard InChI is InChI=1S/C19H32N4O2S.HI/c1-15-13-22-18(26-15)6-9-21-19(20-2)23-10-7-16(8-11-23)25-14-17-5-3-4-12-24-17;/h13,16-17H,3-12,14H2,1-2H3,(H,20,21);1H. The van der Waals surface area contributed by atoms with Crippen LogP contribution in [0.1, 0.15) is 42.0 Å². The average molecular weight is 508 g/mol. The van der Waals surface area contributed by atoms with Crippen LogP contribution in [0.15, 0.2) is 11.2 Å². The molecule has 154 valence electrons. The lowest BCUT2D eigenvalue weighted by molar-refractivity contribution is -0.0721. The van der Waals surface area contributed by atoms with Gasteiger partial charge in [0.1, 0.15) is 0 Å². The first kappa shape index (κ1) is 22.8. The quantitative estimate of drug-likeness (QED) is 0.363. The van der Waals surface area contributed by atoms with Gasteiger partial charge in [-0.05, 0) is 39.0 Å². The Hall–Kier alpha value is -0.450. The predicted octanol–water partition coefficient (Wildman–Crippen LogP) is 3.24. The zero-order valence-electron chi connectivity index (χ0n) is 16.5. The van der Waals surface area contributed by atoms with E-state index in [-0.39, 0.29) is 24.0 Å². The van der Waals surface area contributed by atoms with Crippen molar-refractivity contribution in [2.24, 2.45) is 4.99 Å². The van der Waals surface area contributed by atoms with E-state index in [0.717, 1.165) is 64.5 Å². The van der Waals surface area contributed by atoms with Crippen molar-refractivity contribution in [3.05, 3.63) is 16.1 Å². The maximum Gasteiger partial charge on any atom is 0.193 e. The van der Waals surface area contributed by atoms with Gasteiger partial charge in [-0.25, -0.2) is 4.98 Å². The minimum absolute atomic E-state index is 0. The highest BCUT2D eigenvalue weighted by molar-refractivity contribution is 14.0. The van der Waals surface area contributed by atoms with E-state index in [2.05, 4.69) is 27.1 Å². The van der Waals surface area contributed by atoms with Gasteiger partial charge in [-0.2, -0.15) is 0 Å². The molecule has 0 amide bonds. The van der Waals surface area contributed by atoms with Crippen molar-refractivity contribution in [2.45, 2.75) is 57.7 Å². The lowest BCUT2D eigenvalue weighted by Gasteiger charge is -2.35. The van der Waals surface area contributed by atoms with E-state index in [1.165, 1.54) is 22.7 Å². The van der Waals surface area contributed by atoms with Crippen LogP contribution in [0, 0.1) is 6.92 Å². The number of nitrogens with one attached hydrogen (secondary N) is 1. The SMILES string of the molecule is CN=C(NCCc1ncc(C)s1)N1CCC(OCC2CCCCO2)CC1.I. The Morgan fingerprint density at radius 1 is 1.37 bits per heavy atom. The van der Waals surface area contributed by atoms with Gasteiger partial charge in [0.2, 0.25) is 0 Å². The summed E-state index contributed by atoms with van der Waals surface area (Å²) in [6, 6.07) is 0. The molecule has 2 aliphatic heterocycles. The number of hydrogen-bond acceptors (Lipinski definition) is 5. The summed E-state index contributed by atoms with van der Waals surface area (Å²) in [7, 11) is 1.86. The summed E-state index contributed by atoms with van der Waals surface area (Å²) in [4.78, 5) is 12.5. The third-order valence-electron chi connectivity index (χ3n) is 5.04. The number of thiazole rings is 1. The molecule has 8 heteroatoms. The van der Waals surface area contributed by atoms with Gasteiger partial charge in [0.25, 0.3) is 0 Å². The molecule has 0 radical (unpaired) electrons. The minimum Gasteiger partial charge on any atom is -0.376 e. The normalized spacial score (nSPS) is 21.8. The third-order valence-corrected chi connectivity index (χ3v) is 6.01. The van der Waals surface area contributed by atoms with Gasteiger partial charge in [-0.1, -0.05) is 0 Å². The molecule has 1 unspecified atom stereocenters. The lowest BCUT2D eigenvalue weighted by atomic mass is 10.1. The van der Waals surface area contributed by atoms with Crippen molar-refractivity contribution >= 4 is 41.3 Å². The number of likely N-dealkylation sites (tertiary alicyclic amines) is 1. The summed E-state index contributed by atoms with van der Waals surface area (Å²) in [6.45, 7) is 6.60. The summed E-state index contributed by atoms with van der Waals surface area (Å²) < 4.78 is 11.9. The number of guanidine groups is 1. The summed E-state index contributed by atoms with van der Waals surface area (Å²) >= 11 is 1.77. The van der Waals surface area contributed by atoms with Gasteiger partial charge in [0.15, 0.2) is 5.96 Å².